The van der Waals surface area contributed by atoms with Crippen molar-refractivity contribution in [1.29, 1.82) is 0 Å². The number of halogens is 2. The predicted octanol–water partition coefficient (Wildman–Crippen LogP) is 5.45. The van der Waals surface area contributed by atoms with Gasteiger partial charge in [-0.05, 0) is 67.4 Å². The molecule has 1 saturated heterocycles. The molecule has 3 N–H and O–H groups in total. The minimum atomic E-state index is -3.92. The zero-order valence-corrected chi connectivity index (χ0v) is 24.7. The minimum Gasteiger partial charge on any atom is -0.483 e. The maximum Gasteiger partial charge on any atom is 0.290 e. The molecule has 3 aromatic carbocycles. The Morgan fingerprint density at radius 2 is 1.65 bits per heavy atom. The normalized spacial score (nSPS) is 13.4. The number of carbonyl (C=O) groups is 1. The number of aromatic nitrogens is 2. The molecule has 0 amide bonds. The number of nitrogens with one attached hydrogen (secondary N) is 2. The molecule has 0 spiro atoms. The van der Waals surface area contributed by atoms with Gasteiger partial charge < -0.3 is 15.2 Å². The molecular weight excluding hydrogens is 597 g/mol. The molecule has 13 heteroatoms. The molecule has 10 nitrogen and oxygen atoms in total. The zero-order valence-electron chi connectivity index (χ0n) is 23.1. The van der Waals surface area contributed by atoms with E-state index in [4.69, 9.17) is 26.2 Å². The van der Waals surface area contributed by atoms with Gasteiger partial charge >= 0.3 is 0 Å². The van der Waals surface area contributed by atoms with Gasteiger partial charge in [0.25, 0.3) is 16.5 Å². The van der Waals surface area contributed by atoms with Crippen molar-refractivity contribution >= 4 is 45.3 Å². The van der Waals surface area contributed by atoms with Crippen molar-refractivity contribution < 1.29 is 27.4 Å². The first-order chi connectivity index (χ1) is 20.8. The van der Waals surface area contributed by atoms with Gasteiger partial charge in [0.2, 0.25) is 0 Å². The Morgan fingerprint density at radius 3 is 2.33 bits per heavy atom. The van der Waals surface area contributed by atoms with Crippen LogP contribution in [0.3, 0.4) is 0 Å². The molecular formula is C30H31ClFN5O5S. The molecule has 1 fully saturated rings. The van der Waals surface area contributed by atoms with Crippen molar-refractivity contribution in [2.24, 2.45) is 0 Å². The third-order valence-corrected chi connectivity index (χ3v) is 8.24. The van der Waals surface area contributed by atoms with Gasteiger partial charge in [0, 0.05) is 36.1 Å². The lowest BCUT2D eigenvalue weighted by Gasteiger charge is -2.26. The third-order valence-electron chi connectivity index (χ3n) is 6.57. The highest BCUT2D eigenvalue weighted by Crippen LogP contribution is 2.25. The highest BCUT2D eigenvalue weighted by atomic mass is 35.5. The molecule has 0 radical (unpaired) electrons. The third kappa shape index (κ3) is 9.45. The van der Waals surface area contributed by atoms with Crippen LogP contribution in [0.15, 0.2) is 84.0 Å². The molecule has 0 saturated carbocycles. The maximum absolute atomic E-state index is 13.4. The van der Waals surface area contributed by atoms with Crippen LogP contribution in [0.1, 0.15) is 12.0 Å². The lowest BCUT2D eigenvalue weighted by atomic mass is 10.1. The van der Waals surface area contributed by atoms with Gasteiger partial charge in [-0.1, -0.05) is 35.9 Å². The van der Waals surface area contributed by atoms with Crippen LogP contribution in [0.2, 0.25) is 5.02 Å². The molecule has 0 atom stereocenters. The van der Waals surface area contributed by atoms with Crippen LogP contribution >= 0.6 is 11.6 Å². The Balaban J connectivity index is 0.00000135. The van der Waals surface area contributed by atoms with Crippen molar-refractivity contribution in [2.45, 2.75) is 17.7 Å². The maximum atomic E-state index is 13.4. The fourth-order valence-corrected chi connectivity index (χ4v) is 5.71. The summed E-state index contributed by atoms with van der Waals surface area (Å²) in [5, 5.41) is 9.85. The Bertz CT molecular complexity index is 1600. The van der Waals surface area contributed by atoms with Crippen LogP contribution in [0.5, 0.6) is 0 Å². The van der Waals surface area contributed by atoms with E-state index < -0.39 is 15.8 Å². The molecule has 1 aromatic heterocycles. The smallest absolute Gasteiger partial charge is 0.290 e. The molecule has 4 aromatic rings. The van der Waals surface area contributed by atoms with E-state index in [1.165, 1.54) is 11.9 Å². The number of anilines is 3. The van der Waals surface area contributed by atoms with Crippen molar-refractivity contribution in [1.82, 2.24) is 14.9 Å². The molecule has 0 unspecified atom stereocenters. The standard InChI is InChI=1S/C29H29ClFN5O3S.CH2O2/c30-26-18-25(11-12-27(26)31)40(37,38)35-24-9-7-23(8-10-24)34-29-19-28(32-20-33-29)22-5-3-21(4-6-22)2-1-13-36-14-16-39-17-15-36;2-1-3/h3-12,18-20,35H,1-2,13-17H2,(H,32,33,34);1H,(H,2,3). The molecule has 0 aliphatic carbocycles. The van der Waals surface area contributed by atoms with Crippen molar-refractivity contribution in [3.8, 4) is 11.3 Å². The van der Waals surface area contributed by atoms with Gasteiger partial charge in [-0.2, -0.15) is 0 Å². The summed E-state index contributed by atoms with van der Waals surface area (Å²) < 4.78 is 46.5. The molecule has 0 bridgehead atoms. The van der Waals surface area contributed by atoms with Crippen LogP contribution < -0.4 is 10.0 Å². The van der Waals surface area contributed by atoms with E-state index in [1.807, 2.05) is 6.07 Å². The van der Waals surface area contributed by atoms with E-state index >= 15 is 0 Å². The fraction of sp³-hybridized carbons (Fsp3) is 0.233. The quantitative estimate of drug-likeness (QED) is 0.196. The Kier molecular flexibility index (Phi) is 11.4. The number of ether oxygens (including phenoxy) is 1. The molecule has 1 aliphatic rings. The van der Waals surface area contributed by atoms with Crippen molar-refractivity contribution in [3.63, 3.8) is 0 Å². The van der Waals surface area contributed by atoms with Crippen molar-refractivity contribution in [3.05, 3.63) is 95.5 Å². The first kappa shape index (κ1) is 31.8. The average molecular weight is 628 g/mol. The number of hydrogen-bond acceptors (Lipinski definition) is 8. The fourth-order valence-electron chi connectivity index (χ4n) is 4.38. The van der Waals surface area contributed by atoms with Gasteiger partial charge in [0.15, 0.2) is 0 Å². The summed E-state index contributed by atoms with van der Waals surface area (Å²) in [4.78, 5) is 19.4. The number of aryl methyl sites for hydroxylation is 1. The zero-order chi connectivity index (χ0) is 30.7. The lowest BCUT2D eigenvalue weighted by Crippen LogP contribution is -2.36. The van der Waals surface area contributed by atoms with E-state index in [2.05, 4.69) is 49.2 Å². The Labute approximate surface area is 254 Å². The second-order valence-corrected chi connectivity index (χ2v) is 11.6. The van der Waals surface area contributed by atoms with Gasteiger partial charge in [0.05, 0.1) is 28.8 Å². The van der Waals surface area contributed by atoms with Crippen LogP contribution in [-0.4, -0.2) is 67.7 Å². The summed E-state index contributed by atoms with van der Waals surface area (Å²) in [5.41, 5.74) is 4.14. The molecule has 1 aliphatic heterocycles. The van der Waals surface area contributed by atoms with Crippen LogP contribution in [-0.2, 0) is 26.0 Å². The number of morpholine rings is 1. The second-order valence-electron chi connectivity index (χ2n) is 9.53. The Hall–Kier alpha value is -4.10. The summed E-state index contributed by atoms with van der Waals surface area (Å²) in [6, 6.07) is 20.2. The predicted molar refractivity (Wildman–Crippen MR) is 164 cm³/mol. The highest BCUT2D eigenvalue weighted by molar-refractivity contribution is 7.92. The summed E-state index contributed by atoms with van der Waals surface area (Å²) in [6.07, 6.45) is 3.64. The Morgan fingerprint density at radius 1 is 0.977 bits per heavy atom. The monoisotopic (exact) mass is 627 g/mol. The van der Waals surface area contributed by atoms with Gasteiger partial charge in [0.1, 0.15) is 18.0 Å². The first-order valence-corrected chi connectivity index (χ1v) is 15.3. The van der Waals surface area contributed by atoms with E-state index in [0.29, 0.717) is 17.2 Å². The average Bonchev–Trinajstić information content (AvgIpc) is 3.01. The summed E-state index contributed by atoms with van der Waals surface area (Å²) in [6.45, 7) is 4.51. The number of sulfonamides is 1. The van der Waals surface area contributed by atoms with Crippen molar-refractivity contribution in [2.75, 3.05) is 42.9 Å². The second kappa shape index (κ2) is 15.4. The van der Waals surface area contributed by atoms with Crippen LogP contribution in [0.25, 0.3) is 11.3 Å². The molecule has 43 heavy (non-hydrogen) atoms. The summed E-state index contributed by atoms with van der Waals surface area (Å²) in [7, 11) is -3.92. The van der Waals surface area contributed by atoms with Gasteiger partial charge in [-0.3, -0.25) is 14.4 Å². The highest BCUT2D eigenvalue weighted by Gasteiger charge is 2.16. The largest absolute Gasteiger partial charge is 0.483 e. The van der Waals surface area contributed by atoms with E-state index in [1.54, 1.807) is 24.3 Å². The van der Waals surface area contributed by atoms with E-state index in [9.17, 15) is 12.8 Å². The van der Waals surface area contributed by atoms with Crippen LogP contribution in [0.4, 0.5) is 21.6 Å². The molecule has 5 rings (SSSR count). The number of nitrogens with zero attached hydrogens (tertiary/aromatic N) is 3. The lowest BCUT2D eigenvalue weighted by molar-refractivity contribution is -0.122. The van der Waals surface area contributed by atoms with Gasteiger partial charge in [-0.25, -0.2) is 22.8 Å². The topological polar surface area (TPSA) is 134 Å². The SMILES string of the molecule is O=CO.O=S(=O)(Nc1ccc(Nc2cc(-c3ccc(CCCN4CCOCC4)cc3)ncn2)cc1)c1ccc(F)c(Cl)c1. The number of hydrogen-bond donors (Lipinski definition) is 3. The summed E-state index contributed by atoms with van der Waals surface area (Å²) in [5.74, 6) is -0.0788. The molecule has 226 valence electrons. The first-order valence-electron chi connectivity index (χ1n) is 13.4. The number of benzene rings is 3. The van der Waals surface area contributed by atoms with Gasteiger partial charge in [-0.15, -0.1) is 0 Å². The number of carboxylic acid groups (broad SMARTS) is 1. The van der Waals surface area contributed by atoms with E-state index in [0.717, 1.165) is 75.1 Å². The number of rotatable bonds is 10. The van der Waals surface area contributed by atoms with E-state index in [-0.39, 0.29) is 16.4 Å². The van der Waals surface area contributed by atoms with Crippen LogP contribution in [0, 0.1) is 5.82 Å². The molecule has 2 heterocycles. The summed E-state index contributed by atoms with van der Waals surface area (Å²) >= 11 is 5.73. The minimum absolute atomic E-state index is 0.129.